The van der Waals surface area contributed by atoms with Gasteiger partial charge < -0.3 is 10.2 Å². The minimum absolute atomic E-state index is 0.0908. The van der Waals surface area contributed by atoms with Crippen molar-refractivity contribution < 1.29 is 14.0 Å². The van der Waals surface area contributed by atoms with Crippen LogP contribution in [0.3, 0.4) is 0 Å². The molecule has 0 spiro atoms. The summed E-state index contributed by atoms with van der Waals surface area (Å²) >= 11 is 0. The smallest absolute Gasteiger partial charge is 0.254 e. The molecule has 2 aromatic rings. The molecule has 0 bridgehead atoms. The van der Waals surface area contributed by atoms with Crippen molar-refractivity contribution in [3.8, 4) is 0 Å². The highest BCUT2D eigenvalue weighted by molar-refractivity contribution is 5.99. The summed E-state index contributed by atoms with van der Waals surface area (Å²) in [5.74, 6) is -0.980. The third kappa shape index (κ3) is 3.62. The first kappa shape index (κ1) is 16.2. The van der Waals surface area contributed by atoms with Gasteiger partial charge in [0.2, 0.25) is 5.91 Å². The number of likely N-dealkylation sites (N-methyl/N-ethyl adjacent to an activating group) is 1. The van der Waals surface area contributed by atoms with Gasteiger partial charge in [0.1, 0.15) is 5.82 Å². The molecular weight excluding hydrogens is 307 g/mol. The molecular formula is C19H19FN2O2. The maximum atomic E-state index is 13.1. The molecule has 24 heavy (non-hydrogen) atoms. The van der Waals surface area contributed by atoms with Gasteiger partial charge >= 0.3 is 0 Å². The lowest BCUT2D eigenvalue weighted by molar-refractivity contribution is -0.116. The molecule has 4 nitrogen and oxygen atoms in total. The predicted molar refractivity (Wildman–Crippen MR) is 90.5 cm³/mol. The Balaban J connectivity index is 1.62. The molecule has 0 aliphatic heterocycles. The standard InChI is InChI=1S/C19H19FN2O2/c1-22(12-18(23)21-17-7-3-6-16(20)11-17)19(24)15-9-8-13-4-2-5-14(13)10-15/h3,6-11H,2,4-5,12H2,1H3,(H,21,23). The maximum absolute atomic E-state index is 13.1. The largest absolute Gasteiger partial charge is 0.332 e. The Bertz CT molecular complexity index is 789. The molecule has 5 heteroatoms. The average molecular weight is 326 g/mol. The van der Waals surface area contributed by atoms with E-state index in [1.165, 1.54) is 34.2 Å². The molecule has 0 aromatic heterocycles. The van der Waals surface area contributed by atoms with Crippen LogP contribution in [0.5, 0.6) is 0 Å². The number of hydrogen-bond acceptors (Lipinski definition) is 2. The maximum Gasteiger partial charge on any atom is 0.254 e. The number of nitrogens with zero attached hydrogens (tertiary/aromatic N) is 1. The van der Waals surface area contributed by atoms with Gasteiger partial charge in [-0.15, -0.1) is 0 Å². The highest BCUT2D eigenvalue weighted by Crippen LogP contribution is 2.23. The van der Waals surface area contributed by atoms with Crippen LogP contribution in [-0.2, 0) is 17.6 Å². The van der Waals surface area contributed by atoms with Crippen molar-refractivity contribution in [2.24, 2.45) is 0 Å². The van der Waals surface area contributed by atoms with Gasteiger partial charge in [-0.2, -0.15) is 0 Å². The lowest BCUT2D eigenvalue weighted by atomic mass is 10.1. The first-order valence-corrected chi connectivity index (χ1v) is 7.95. The lowest BCUT2D eigenvalue weighted by Crippen LogP contribution is -2.35. The highest BCUT2D eigenvalue weighted by atomic mass is 19.1. The first-order valence-electron chi connectivity index (χ1n) is 7.95. The van der Waals surface area contributed by atoms with E-state index in [0.29, 0.717) is 11.3 Å². The minimum Gasteiger partial charge on any atom is -0.332 e. The Morgan fingerprint density at radius 2 is 1.92 bits per heavy atom. The number of carbonyl (C=O) groups is 2. The number of aryl methyl sites for hydroxylation is 2. The summed E-state index contributed by atoms with van der Waals surface area (Å²) in [5.41, 5.74) is 3.49. The van der Waals surface area contributed by atoms with Crippen LogP contribution in [0.15, 0.2) is 42.5 Å². The predicted octanol–water partition coefficient (Wildman–Crippen LogP) is 3.03. The van der Waals surface area contributed by atoms with Gasteiger partial charge in [0.25, 0.3) is 5.91 Å². The van der Waals surface area contributed by atoms with Crippen molar-refractivity contribution in [2.45, 2.75) is 19.3 Å². The van der Waals surface area contributed by atoms with E-state index in [1.807, 2.05) is 18.2 Å². The van der Waals surface area contributed by atoms with Gasteiger partial charge in [0.15, 0.2) is 0 Å². The van der Waals surface area contributed by atoms with E-state index in [2.05, 4.69) is 5.32 Å². The number of rotatable bonds is 4. The SMILES string of the molecule is CN(CC(=O)Nc1cccc(F)c1)C(=O)c1ccc2c(c1)CCC2. The van der Waals surface area contributed by atoms with Crippen molar-refractivity contribution in [2.75, 3.05) is 18.9 Å². The summed E-state index contributed by atoms with van der Waals surface area (Å²) in [6.07, 6.45) is 3.19. The number of amides is 2. The van der Waals surface area contributed by atoms with Gasteiger partial charge in [-0.3, -0.25) is 9.59 Å². The third-order valence-corrected chi connectivity index (χ3v) is 4.18. The van der Waals surface area contributed by atoms with Gasteiger partial charge in [0.05, 0.1) is 6.54 Å². The second kappa shape index (κ2) is 6.83. The number of carbonyl (C=O) groups excluding carboxylic acids is 2. The van der Waals surface area contributed by atoms with E-state index in [1.54, 1.807) is 13.1 Å². The van der Waals surface area contributed by atoms with Gasteiger partial charge in [0, 0.05) is 18.3 Å². The van der Waals surface area contributed by atoms with E-state index < -0.39 is 5.82 Å². The molecule has 0 radical (unpaired) electrons. The number of anilines is 1. The fourth-order valence-corrected chi connectivity index (χ4v) is 2.98. The monoisotopic (exact) mass is 326 g/mol. The van der Waals surface area contributed by atoms with E-state index >= 15 is 0 Å². The van der Waals surface area contributed by atoms with Gasteiger partial charge in [-0.05, 0) is 60.7 Å². The Morgan fingerprint density at radius 1 is 1.12 bits per heavy atom. The second-order valence-corrected chi connectivity index (χ2v) is 6.06. The van der Waals surface area contributed by atoms with Crippen molar-refractivity contribution in [1.29, 1.82) is 0 Å². The van der Waals surface area contributed by atoms with Crippen LogP contribution in [0.1, 0.15) is 27.9 Å². The molecule has 0 atom stereocenters. The van der Waals surface area contributed by atoms with Crippen LogP contribution in [-0.4, -0.2) is 30.3 Å². The van der Waals surface area contributed by atoms with Crippen LogP contribution < -0.4 is 5.32 Å². The zero-order chi connectivity index (χ0) is 17.1. The molecule has 0 fully saturated rings. The van der Waals surface area contributed by atoms with Crippen LogP contribution in [0.25, 0.3) is 0 Å². The molecule has 1 aliphatic rings. The summed E-state index contributed by atoms with van der Waals surface area (Å²) in [6.45, 7) is -0.0908. The number of halogens is 1. The molecule has 1 aliphatic carbocycles. The number of fused-ring (bicyclic) bond motifs is 1. The molecule has 0 saturated carbocycles. The quantitative estimate of drug-likeness (QED) is 0.939. The average Bonchev–Trinajstić information content (AvgIpc) is 3.01. The van der Waals surface area contributed by atoms with Gasteiger partial charge in [-0.1, -0.05) is 12.1 Å². The van der Waals surface area contributed by atoms with E-state index in [-0.39, 0.29) is 18.4 Å². The van der Waals surface area contributed by atoms with Crippen molar-refractivity contribution in [3.05, 3.63) is 65.0 Å². The lowest BCUT2D eigenvalue weighted by Gasteiger charge is -2.17. The summed E-state index contributed by atoms with van der Waals surface area (Å²) in [4.78, 5) is 25.9. The summed E-state index contributed by atoms with van der Waals surface area (Å²) in [5, 5.41) is 2.59. The van der Waals surface area contributed by atoms with Crippen molar-refractivity contribution in [3.63, 3.8) is 0 Å². The van der Waals surface area contributed by atoms with Crippen LogP contribution in [0.4, 0.5) is 10.1 Å². The number of hydrogen-bond donors (Lipinski definition) is 1. The Labute approximate surface area is 140 Å². The van der Waals surface area contributed by atoms with E-state index in [9.17, 15) is 14.0 Å². The highest BCUT2D eigenvalue weighted by Gasteiger charge is 2.18. The van der Waals surface area contributed by atoms with E-state index in [0.717, 1.165) is 19.3 Å². The normalized spacial score (nSPS) is 12.6. The zero-order valence-electron chi connectivity index (χ0n) is 13.5. The molecule has 124 valence electrons. The molecule has 0 saturated heterocycles. The minimum atomic E-state index is -0.421. The van der Waals surface area contributed by atoms with E-state index in [4.69, 9.17) is 0 Å². The molecule has 1 N–H and O–H groups in total. The topological polar surface area (TPSA) is 49.4 Å². The fourth-order valence-electron chi connectivity index (χ4n) is 2.98. The number of benzene rings is 2. The Morgan fingerprint density at radius 3 is 2.71 bits per heavy atom. The molecule has 3 rings (SSSR count). The fraction of sp³-hybridized carbons (Fsp3) is 0.263. The van der Waals surface area contributed by atoms with Gasteiger partial charge in [-0.25, -0.2) is 4.39 Å². The zero-order valence-corrected chi connectivity index (χ0v) is 13.5. The molecule has 0 heterocycles. The summed E-state index contributed by atoms with van der Waals surface area (Å²) in [7, 11) is 1.58. The van der Waals surface area contributed by atoms with Crippen LogP contribution >= 0.6 is 0 Å². The van der Waals surface area contributed by atoms with Crippen molar-refractivity contribution in [1.82, 2.24) is 4.90 Å². The first-order chi connectivity index (χ1) is 11.5. The summed E-state index contributed by atoms with van der Waals surface area (Å²) < 4.78 is 13.1. The second-order valence-electron chi connectivity index (χ2n) is 6.06. The number of nitrogens with one attached hydrogen (secondary N) is 1. The Kier molecular flexibility index (Phi) is 4.60. The summed E-state index contributed by atoms with van der Waals surface area (Å²) in [6, 6.07) is 11.4. The third-order valence-electron chi connectivity index (χ3n) is 4.18. The van der Waals surface area contributed by atoms with Crippen molar-refractivity contribution >= 4 is 17.5 Å². The molecule has 2 aromatic carbocycles. The molecule has 0 unspecified atom stereocenters. The van der Waals surface area contributed by atoms with Crippen LogP contribution in [0, 0.1) is 5.82 Å². The Hall–Kier alpha value is -2.69. The molecule has 2 amide bonds. The van der Waals surface area contributed by atoms with Crippen LogP contribution in [0.2, 0.25) is 0 Å².